The maximum atomic E-state index is 11.9. The van der Waals surface area contributed by atoms with Crippen LogP contribution >= 0.6 is 11.6 Å². The molecule has 1 fully saturated rings. The molecule has 3 aromatic rings. The number of rotatable bonds is 6. The smallest absolute Gasteiger partial charge is 0.373 e. The fourth-order valence-corrected chi connectivity index (χ4v) is 4.03. The topological polar surface area (TPSA) is 81.4 Å². The van der Waals surface area contributed by atoms with Crippen molar-refractivity contribution in [3.05, 3.63) is 81.1 Å². The molecule has 1 aliphatic heterocycles. The molecule has 1 aromatic heterocycles. The van der Waals surface area contributed by atoms with Crippen molar-refractivity contribution < 1.29 is 9.66 Å². The third-order valence-electron chi connectivity index (χ3n) is 5.58. The van der Waals surface area contributed by atoms with Gasteiger partial charge < -0.3 is 9.64 Å². The highest BCUT2D eigenvalue weighted by Crippen LogP contribution is 2.38. The largest absolute Gasteiger partial charge is 0.434 e. The van der Waals surface area contributed by atoms with Crippen molar-refractivity contribution in [2.75, 3.05) is 18.0 Å². The van der Waals surface area contributed by atoms with Crippen LogP contribution in [0, 0.1) is 23.0 Å². The molecule has 8 heteroatoms. The molecule has 2 heterocycles. The van der Waals surface area contributed by atoms with Crippen molar-refractivity contribution in [3.8, 4) is 11.6 Å². The minimum absolute atomic E-state index is 0.0665. The molecule has 0 atom stereocenters. The first-order valence-corrected chi connectivity index (χ1v) is 10.6. The molecular formula is C23H23ClN4O3. The second kappa shape index (κ2) is 9.31. The van der Waals surface area contributed by atoms with Gasteiger partial charge >= 0.3 is 11.6 Å². The number of anilines is 1. The first-order chi connectivity index (χ1) is 15.0. The van der Waals surface area contributed by atoms with Gasteiger partial charge in [-0.3, -0.25) is 10.1 Å². The maximum Gasteiger partial charge on any atom is 0.373 e. The number of benzene rings is 2. The van der Waals surface area contributed by atoms with E-state index in [9.17, 15) is 10.1 Å². The zero-order chi connectivity index (χ0) is 21.8. The van der Waals surface area contributed by atoms with Crippen LogP contribution in [0.1, 0.15) is 24.0 Å². The molecule has 1 aliphatic rings. The number of hydrogen-bond donors (Lipinski definition) is 0. The SMILES string of the molecule is Cc1cc(Oc2ncnc(N3CCC(Cc4ccccc4)CC3)c2[N+](=O)[O-])ccc1Cl. The molecular weight excluding hydrogens is 416 g/mol. The molecule has 0 aliphatic carbocycles. The van der Waals surface area contributed by atoms with Gasteiger partial charge in [-0.1, -0.05) is 41.9 Å². The summed E-state index contributed by atoms with van der Waals surface area (Å²) >= 11 is 6.06. The lowest BCUT2D eigenvalue weighted by Gasteiger charge is -2.32. The average molecular weight is 439 g/mol. The van der Waals surface area contributed by atoms with Crippen LogP contribution in [-0.2, 0) is 6.42 Å². The van der Waals surface area contributed by atoms with E-state index in [-0.39, 0.29) is 11.6 Å². The second-order valence-electron chi connectivity index (χ2n) is 7.74. The van der Waals surface area contributed by atoms with Crippen molar-refractivity contribution >= 4 is 23.1 Å². The Kier molecular flexibility index (Phi) is 6.32. The summed E-state index contributed by atoms with van der Waals surface area (Å²) in [6, 6.07) is 15.5. The van der Waals surface area contributed by atoms with Crippen LogP contribution in [0.3, 0.4) is 0 Å². The number of aryl methyl sites for hydroxylation is 1. The third-order valence-corrected chi connectivity index (χ3v) is 6.00. The van der Waals surface area contributed by atoms with Gasteiger partial charge in [-0.05, 0) is 61.4 Å². The van der Waals surface area contributed by atoms with Gasteiger partial charge in [-0.25, -0.2) is 4.98 Å². The first kappa shape index (κ1) is 21.1. The minimum atomic E-state index is -0.469. The predicted molar refractivity (Wildman–Crippen MR) is 120 cm³/mol. The Balaban J connectivity index is 1.51. The molecule has 7 nitrogen and oxygen atoms in total. The van der Waals surface area contributed by atoms with Crippen LogP contribution in [-0.4, -0.2) is 28.0 Å². The summed E-state index contributed by atoms with van der Waals surface area (Å²) in [5.74, 6) is 1.23. The fraction of sp³-hybridized carbons (Fsp3) is 0.304. The number of nitrogens with zero attached hydrogens (tertiary/aromatic N) is 4. The summed E-state index contributed by atoms with van der Waals surface area (Å²) in [5, 5.41) is 12.5. The van der Waals surface area contributed by atoms with Crippen molar-refractivity contribution in [2.45, 2.75) is 26.2 Å². The predicted octanol–water partition coefficient (Wildman–Crippen LogP) is 5.60. The zero-order valence-corrected chi connectivity index (χ0v) is 18.0. The normalized spacial score (nSPS) is 14.5. The summed E-state index contributed by atoms with van der Waals surface area (Å²) < 4.78 is 5.76. The van der Waals surface area contributed by atoms with Crippen LogP contribution in [0.5, 0.6) is 11.6 Å². The molecule has 0 N–H and O–H groups in total. The van der Waals surface area contributed by atoms with E-state index in [0.29, 0.717) is 35.6 Å². The molecule has 160 valence electrons. The highest BCUT2D eigenvalue weighted by atomic mass is 35.5. The Morgan fingerprint density at radius 1 is 1.16 bits per heavy atom. The van der Waals surface area contributed by atoms with Crippen molar-refractivity contribution in [1.82, 2.24) is 9.97 Å². The second-order valence-corrected chi connectivity index (χ2v) is 8.15. The van der Waals surface area contributed by atoms with Crippen LogP contribution in [0.15, 0.2) is 54.9 Å². The maximum absolute atomic E-state index is 11.9. The van der Waals surface area contributed by atoms with Gasteiger partial charge in [0, 0.05) is 18.1 Å². The fourth-order valence-electron chi connectivity index (χ4n) is 3.91. The molecule has 0 unspecified atom stereocenters. The Hall–Kier alpha value is -3.19. The Morgan fingerprint density at radius 3 is 2.58 bits per heavy atom. The quantitative estimate of drug-likeness (QED) is 0.368. The molecule has 1 saturated heterocycles. The standard InChI is InChI=1S/C23H23ClN4O3/c1-16-13-19(7-8-20(16)24)31-23-21(28(29)30)22(25-15-26-23)27-11-9-18(10-12-27)14-17-5-3-2-4-6-17/h2-8,13,15,18H,9-12,14H2,1H3. The van der Waals surface area contributed by atoms with Crippen LogP contribution in [0.25, 0.3) is 0 Å². The Morgan fingerprint density at radius 2 is 1.90 bits per heavy atom. The van der Waals surface area contributed by atoms with E-state index >= 15 is 0 Å². The zero-order valence-electron chi connectivity index (χ0n) is 17.2. The number of piperidine rings is 1. The number of aromatic nitrogens is 2. The van der Waals surface area contributed by atoms with Crippen LogP contribution in [0.4, 0.5) is 11.5 Å². The Bertz CT molecular complexity index is 1070. The van der Waals surface area contributed by atoms with E-state index in [4.69, 9.17) is 16.3 Å². The van der Waals surface area contributed by atoms with E-state index < -0.39 is 4.92 Å². The van der Waals surface area contributed by atoms with Gasteiger partial charge in [0.25, 0.3) is 0 Å². The van der Waals surface area contributed by atoms with Gasteiger partial charge in [0.1, 0.15) is 12.1 Å². The van der Waals surface area contributed by atoms with Crippen LogP contribution < -0.4 is 9.64 Å². The molecule has 0 bridgehead atoms. The average Bonchev–Trinajstić information content (AvgIpc) is 2.77. The molecule has 4 rings (SSSR count). The third kappa shape index (κ3) is 4.94. The number of halogens is 1. The van der Waals surface area contributed by atoms with Crippen LogP contribution in [0.2, 0.25) is 5.02 Å². The number of nitro groups is 1. The summed E-state index contributed by atoms with van der Waals surface area (Å²) in [6.45, 7) is 3.25. The Labute approximate surface area is 185 Å². The number of hydrogen-bond acceptors (Lipinski definition) is 6. The van der Waals surface area contributed by atoms with Crippen molar-refractivity contribution in [2.24, 2.45) is 5.92 Å². The summed E-state index contributed by atoms with van der Waals surface area (Å²) in [4.78, 5) is 21.7. The lowest BCUT2D eigenvalue weighted by Crippen LogP contribution is -2.35. The number of ether oxygens (including phenoxy) is 1. The van der Waals surface area contributed by atoms with Gasteiger partial charge in [0.2, 0.25) is 5.82 Å². The molecule has 31 heavy (non-hydrogen) atoms. The van der Waals surface area contributed by atoms with Gasteiger partial charge in [-0.2, -0.15) is 4.98 Å². The first-order valence-electron chi connectivity index (χ1n) is 10.2. The van der Waals surface area contributed by atoms with Gasteiger partial charge in [-0.15, -0.1) is 0 Å². The molecule has 0 amide bonds. The van der Waals surface area contributed by atoms with E-state index in [0.717, 1.165) is 24.8 Å². The van der Waals surface area contributed by atoms with Gasteiger partial charge in [0.05, 0.1) is 4.92 Å². The monoisotopic (exact) mass is 438 g/mol. The van der Waals surface area contributed by atoms with Crippen molar-refractivity contribution in [1.29, 1.82) is 0 Å². The van der Waals surface area contributed by atoms with Gasteiger partial charge in [0.15, 0.2) is 0 Å². The summed E-state index contributed by atoms with van der Waals surface area (Å²) in [5.41, 5.74) is 1.93. The molecule has 0 radical (unpaired) electrons. The van der Waals surface area contributed by atoms with E-state index in [2.05, 4.69) is 34.2 Å². The lowest BCUT2D eigenvalue weighted by molar-refractivity contribution is -0.385. The highest BCUT2D eigenvalue weighted by molar-refractivity contribution is 6.31. The summed E-state index contributed by atoms with van der Waals surface area (Å²) in [7, 11) is 0. The van der Waals surface area contributed by atoms with E-state index in [1.54, 1.807) is 18.2 Å². The van der Waals surface area contributed by atoms with E-state index in [1.807, 2.05) is 17.9 Å². The summed E-state index contributed by atoms with van der Waals surface area (Å²) in [6.07, 6.45) is 4.23. The lowest BCUT2D eigenvalue weighted by atomic mass is 9.90. The van der Waals surface area contributed by atoms with E-state index in [1.165, 1.54) is 11.9 Å². The minimum Gasteiger partial charge on any atom is -0.434 e. The molecule has 2 aromatic carbocycles. The highest BCUT2D eigenvalue weighted by Gasteiger charge is 2.31. The van der Waals surface area contributed by atoms with Crippen molar-refractivity contribution in [3.63, 3.8) is 0 Å². The molecule has 0 saturated carbocycles. The molecule has 0 spiro atoms.